The van der Waals surface area contributed by atoms with E-state index < -0.39 is 12.4 Å². The number of alkyl halides is 2. The Hall–Kier alpha value is -0.670. The predicted octanol–water partition coefficient (Wildman–Crippen LogP) is -0.999. The van der Waals surface area contributed by atoms with E-state index in [1.165, 1.54) is 0 Å². The van der Waals surface area contributed by atoms with E-state index in [9.17, 15) is 8.78 Å². The van der Waals surface area contributed by atoms with Gasteiger partial charge in [0.2, 0.25) is 0 Å². The molecule has 0 unspecified atom stereocenters. The van der Waals surface area contributed by atoms with Crippen molar-refractivity contribution in [3.05, 3.63) is 0 Å². The maximum absolute atomic E-state index is 10.5. The van der Waals surface area contributed by atoms with Crippen molar-refractivity contribution in [2.24, 2.45) is 0 Å². The molecule has 0 aromatic heterocycles. The molecular formula is C2HF2O2-. The number of carbonyl (C=O) groups is 1. The van der Waals surface area contributed by atoms with Crippen molar-refractivity contribution < 1.29 is 18.7 Å². The highest BCUT2D eigenvalue weighted by molar-refractivity contribution is 5.67. The van der Waals surface area contributed by atoms with Crippen molar-refractivity contribution >= 4 is 5.97 Å². The number of aliphatic carboxylic acids is 1. The van der Waals surface area contributed by atoms with Gasteiger partial charge in [0.05, 0.1) is 0 Å². The second-order valence-corrected chi connectivity index (χ2v) is 0.620. The first kappa shape index (κ1) is 5.33. The van der Waals surface area contributed by atoms with Gasteiger partial charge in [0.25, 0.3) is 6.43 Å². The van der Waals surface area contributed by atoms with E-state index >= 15 is 0 Å². The normalized spacial score (nSPS) is 9.17. The minimum absolute atomic E-state index is 2.32. The van der Waals surface area contributed by atoms with Crippen LogP contribution in [0.4, 0.5) is 8.78 Å². The largest absolute Gasteiger partial charge is 0.544 e. The van der Waals surface area contributed by atoms with E-state index in [1.807, 2.05) is 0 Å². The molecule has 36 valence electrons. The summed E-state index contributed by atoms with van der Waals surface area (Å²) in [5, 5.41) is 8.84. The van der Waals surface area contributed by atoms with Gasteiger partial charge in [-0.2, -0.15) is 0 Å². The highest BCUT2D eigenvalue weighted by Gasteiger charge is 1.98. The topological polar surface area (TPSA) is 40.1 Å². The Labute approximate surface area is 32.4 Å². The smallest absolute Gasteiger partial charge is 0.277 e. The van der Waals surface area contributed by atoms with E-state index in [4.69, 9.17) is 9.90 Å². The highest BCUT2D eigenvalue weighted by Crippen LogP contribution is 1.85. The predicted molar refractivity (Wildman–Crippen MR) is 11.0 cm³/mol. The van der Waals surface area contributed by atoms with Crippen LogP contribution < -0.4 is 5.11 Å². The molecule has 6 heavy (non-hydrogen) atoms. The van der Waals surface area contributed by atoms with Crippen molar-refractivity contribution in [3.63, 3.8) is 0 Å². The highest BCUT2D eigenvalue weighted by atomic mass is 19.3. The van der Waals surface area contributed by atoms with Crippen molar-refractivity contribution in [3.8, 4) is 0 Å². The average Bonchev–Trinajstić information content (AvgIpc) is 1.36. The second kappa shape index (κ2) is 1.69. The lowest BCUT2D eigenvalue weighted by atomic mass is 10.7. The fraction of sp³-hybridized carbons (Fsp3) is 0.500. The molecule has 0 radical (unpaired) electrons. The summed E-state index contributed by atoms with van der Waals surface area (Å²) in [5.74, 6) is -2.32. The maximum atomic E-state index is 10.5. The molecule has 0 N–H and O–H groups in total. The molecule has 0 fully saturated rings. The third-order valence-electron chi connectivity index (χ3n) is 0.178. The van der Waals surface area contributed by atoms with Gasteiger partial charge in [0.1, 0.15) is 5.97 Å². The van der Waals surface area contributed by atoms with E-state index in [2.05, 4.69) is 0 Å². The lowest BCUT2D eigenvalue weighted by molar-refractivity contribution is -0.317. The molecule has 2 nitrogen and oxygen atoms in total. The van der Waals surface area contributed by atoms with Crippen LogP contribution in [-0.2, 0) is 4.79 Å². The molecule has 0 saturated carbocycles. The summed E-state index contributed by atoms with van der Waals surface area (Å²) in [6, 6.07) is 0. The summed E-state index contributed by atoms with van der Waals surface area (Å²) in [4.78, 5) is 8.84. The van der Waals surface area contributed by atoms with E-state index in [0.717, 1.165) is 0 Å². The van der Waals surface area contributed by atoms with Gasteiger partial charge >= 0.3 is 0 Å². The van der Waals surface area contributed by atoms with Crippen LogP contribution in [0.25, 0.3) is 0 Å². The van der Waals surface area contributed by atoms with E-state index in [1.54, 1.807) is 0 Å². The minimum atomic E-state index is -3.34. The number of carbonyl (C=O) groups excluding carboxylic acids is 1. The van der Waals surface area contributed by atoms with E-state index in [-0.39, 0.29) is 0 Å². The second-order valence-electron chi connectivity index (χ2n) is 0.620. The zero-order valence-electron chi connectivity index (χ0n) is 2.65. The Morgan fingerprint density at radius 2 is 1.83 bits per heavy atom. The Kier molecular flexibility index (Phi) is 1.50. The number of rotatable bonds is 1. The maximum Gasteiger partial charge on any atom is 0.277 e. The SMILES string of the molecule is O=C([O-])C(F)F. The van der Waals surface area contributed by atoms with Crippen molar-refractivity contribution in [1.29, 1.82) is 0 Å². The summed E-state index contributed by atoms with van der Waals surface area (Å²) in [5.41, 5.74) is 0. The van der Waals surface area contributed by atoms with Crippen molar-refractivity contribution in [2.45, 2.75) is 6.43 Å². The zero-order chi connectivity index (χ0) is 5.15. The van der Waals surface area contributed by atoms with Gasteiger partial charge < -0.3 is 9.90 Å². The number of halogens is 2. The zero-order valence-corrected chi connectivity index (χ0v) is 2.65. The molecule has 0 saturated heterocycles. The van der Waals surface area contributed by atoms with Crippen LogP contribution >= 0.6 is 0 Å². The Morgan fingerprint density at radius 1 is 1.67 bits per heavy atom. The molecule has 0 aliphatic heterocycles. The fourth-order valence-corrected chi connectivity index (χ4v) is 0. The monoisotopic (exact) mass is 95.0 g/mol. The number of carboxylic acids is 1. The van der Waals surface area contributed by atoms with Crippen molar-refractivity contribution in [2.75, 3.05) is 0 Å². The quantitative estimate of drug-likeness (QED) is 0.419. The third-order valence-corrected chi connectivity index (χ3v) is 0.178. The Bertz CT molecular complexity index is 60.6. The molecule has 0 aromatic rings. The van der Waals surface area contributed by atoms with Gasteiger partial charge in [0.15, 0.2) is 0 Å². The van der Waals surface area contributed by atoms with Crippen LogP contribution in [0.2, 0.25) is 0 Å². The first-order valence-corrected chi connectivity index (χ1v) is 1.13. The van der Waals surface area contributed by atoms with Gasteiger partial charge in [-0.3, -0.25) is 0 Å². The molecule has 0 aliphatic rings. The van der Waals surface area contributed by atoms with Gasteiger partial charge in [0, 0.05) is 0 Å². The summed E-state index contributed by atoms with van der Waals surface area (Å²) in [6.45, 7) is 0. The fourth-order valence-electron chi connectivity index (χ4n) is 0. The van der Waals surface area contributed by atoms with E-state index in [0.29, 0.717) is 0 Å². The molecule has 0 rings (SSSR count). The van der Waals surface area contributed by atoms with Crippen LogP contribution in [0.5, 0.6) is 0 Å². The summed E-state index contributed by atoms with van der Waals surface area (Å²) < 4.78 is 21.0. The standard InChI is InChI=1S/C2H2F2O2/c3-1(4)2(5)6/h1H,(H,5,6)/p-1. The molecule has 0 amide bonds. The summed E-state index contributed by atoms with van der Waals surface area (Å²) in [7, 11) is 0. The van der Waals surface area contributed by atoms with Crippen LogP contribution in [-0.4, -0.2) is 12.4 Å². The third kappa shape index (κ3) is 1.63. The molecule has 0 atom stereocenters. The Morgan fingerprint density at radius 3 is 1.83 bits per heavy atom. The molecule has 0 heterocycles. The van der Waals surface area contributed by atoms with Crippen molar-refractivity contribution in [1.82, 2.24) is 0 Å². The van der Waals surface area contributed by atoms with Gasteiger partial charge in [-0.05, 0) is 0 Å². The minimum Gasteiger partial charge on any atom is -0.544 e. The first-order valence-electron chi connectivity index (χ1n) is 1.13. The van der Waals surface area contributed by atoms with Gasteiger partial charge in [-0.1, -0.05) is 0 Å². The lowest BCUT2D eigenvalue weighted by Crippen LogP contribution is -2.29. The number of hydrogen-bond acceptors (Lipinski definition) is 2. The van der Waals surface area contributed by atoms with Gasteiger partial charge in [-0.25, -0.2) is 8.78 Å². The average molecular weight is 95.0 g/mol. The number of carboxylic acid groups (broad SMARTS) is 1. The Balaban J connectivity index is 3.26. The van der Waals surface area contributed by atoms with Crippen LogP contribution in [0.15, 0.2) is 0 Å². The molecule has 0 aliphatic carbocycles. The molecule has 4 heteroatoms. The van der Waals surface area contributed by atoms with Gasteiger partial charge in [-0.15, -0.1) is 0 Å². The first-order chi connectivity index (χ1) is 2.64. The van der Waals surface area contributed by atoms with Crippen LogP contribution in [0, 0.1) is 0 Å². The van der Waals surface area contributed by atoms with Crippen LogP contribution in [0.3, 0.4) is 0 Å². The lowest BCUT2D eigenvalue weighted by Gasteiger charge is -1.93. The molecule has 0 bridgehead atoms. The molecule has 0 aromatic carbocycles. The van der Waals surface area contributed by atoms with Crippen LogP contribution in [0.1, 0.15) is 0 Å². The number of hydrogen-bond donors (Lipinski definition) is 0. The molecular weight excluding hydrogens is 94.0 g/mol. The summed E-state index contributed by atoms with van der Waals surface area (Å²) in [6.07, 6.45) is -3.34. The summed E-state index contributed by atoms with van der Waals surface area (Å²) >= 11 is 0. The molecule has 0 spiro atoms.